The van der Waals surface area contributed by atoms with Gasteiger partial charge in [0, 0.05) is 12.5 Å². The van der Waals surface area contributed by atoms with Gasteiger partial charge in [-0.05, 0) is 48.7 Å². The molecule has 21 heavy (non-hydrogen) atoms. The van der Waals surface area contributed by atoms with Crippen LogP contribution in [0.4, 0.5) is 5.69 Å². The van der Waals surface area contributed by atoms with Crippen LogP contribution in [-0.4, -0.2) is 11.6 Å². The largest absolute Gasteiger partial charge is 0.493 e. The zero-order chi connectivity index (χ0) is 15.0. The van der Waals surface area contributed by atoms with Crippen LogP contribution in [0.2, 0.25) is 10.3 Å². The summed E-state index contributed by atoms with van der Waals surface area (Å²) in [4.78, 5) is 4.09. The van der Waals surface area contributed by atoms with E-state index in [0.717, 1.165) is 30.0 Å². The maximum atomic E-state index is 6.18. The molecule has 1 aromatic carbocycles. The molecule has 110 valence electrons. The standard InChI is InChI=1S/C16H16Cl2N2O/c1-9-7-14(17)20-16(18)15(9)19-10(2)11-3-4-13-12(8-11)5-6-21-13/h3-4,7-8,10,19H,5-6H2,1-2H3. The number of halogens is 2. The Hall–Kier alpha value is -1.45. The predicted molar refractivity (Wildman–Crippen MR) is 86.7 cm³/mol. The van der Waals surface area contributed by atoms with Gasteiger partial charge in [0.25, 0.3) is 0 Å². The fourth-order valence-corrected chi connectivity index (χ4v) is 3.13. The van der Waals surface area contributed by atoms with Crippen molar-refractivity contribution in [1.82, 2.24) is 4.98 Å². The average molecular weight is 323 g/mol. The molecule has 2 heterocycles. The van der Waals surface area contributed by atoms with E-state index in [0.29, 0.717) is 10.3 Å². The van der Waals surface area contributed by atoms with Crippen LogP contribution < -0.4 is 10.1 Å². The van der Waals surface area contributed by atoms with Crippen molar-refractivity contribution in [2.45, 2.75) is 26.3 Å². The lowest BCUT2D eigenvalue weighted by Gasteiger charge is -2.19. The molecule has 0 saturated carbocycles. The molecule has 0 radical (unpaired) electrons. The highest BCUT2D eigenvalue weighted by Crippen LogP contribution is 2.32. The minimum Gasteiger partial charge on any atom is -0.493 e. The Morgan fingerprint density at radius 2 is 2.10 bits per heavy atom. The van der Waals surface area contributed by atoms with Crippen molar-refractivity contribution < 1.29 is 4.74 Å². The third-order valence-corrected chi connectivity index (χ3v) is 4.18. The van der Waals surface area contributed by atoms with E-state index < -0.39 is 0 Å². The molecule has 0 bridgehead atoms. The molecule has 1 aliphatic rings. The average Bonchev–Trinajstić information content (AvgIpc) is 2.89. The van der Waals surface area contributed by atoms with Crippen LogP contribution in [0.3, 0.4) is 0 Å². The molecule has 3 nitrogen and oxygen atoms in total. The van der Waals surface area contributed by atoms with Crippen LogP contribution >= 0.6 is 23.2 Å². The van der Waals surface area contributed by atoms with Crippen molar-refractivity contribution in [1.29, 1.82) is 0 Å². The number of aromatic nitrogens is 1. The fraction of sp³-hybridized carbons (Fsp3) is 0.312. The summed E-state index contributed by atoms with van der Waals surface area (Å²) >= 11 is 12.1. The summed E-state index contributed by atoms with van der Waals surface area (Å²) in [7, 11) is 0. The Labute approximate surface area is 134 Å². The Balaban J connectivity index is 1.85. The van der Waals surface area contributed by atoms with E-state index in [9.17, 15) is 0 Å². The number of ether oxygens (including phenoxy) is 1. The van der Waals surface area contributed by atoms with Gasteiger partial charge in [-0.15, -0.1) is 0 Å². The molecule has 1 N–H and O–H groups in total. The summed E-state index contributed by atoms with van der Waals surface area (Å²) in [6.45, 7) is 4.83. The number of nitrogens with one attached hydrogen (secondary N) is 1. The summed E-state index contributed by atoms with van der Waals surface area (Å²) in [5, 5.41) is 4.23. The molecule has 1 aliphatic heterocycles. The lowest BCUT2D eigenvalue weighted by molar-refractivity contribution is 0.357. The zero-order valence-electron chi connectivity index (χ0n) is 11.9. The van der Waals surface area contributed by atoms with Gasteiger partial charge in [0.05, 0.1) is 12.3 Å². The number of rotatable bonds is 3. The molecule has 0 saturated heterocycles. The summed E-state index contributed by atoms with van der Waals surface area (Å²) in [5.74, 6) is 0.994. The number of aryl methyl sites for hydroxylation is 1. The van der Waals surface area contributed by atoms with E-state index in [1.54, 1.807) is 6.07 Å². The first-order chi connectivity index (χ1) is 10.0. The highest BCUT2D eigenvalue weighted by molar-refractivity contribution is 6.34. The highest BCUT2D eigenvalue weighted by Gasteiger charge is 2.16. The van der Waals surface area contributed by atoms with E-state index in [-0.39, 0.29) is 6.04 Å². The first-order valence-corrected chi connectivity index (χ1v) is 7.65. The Bertz CT molecular complexity index is 665. The van der Waals surface area contributed by atoms with E-state index in [2.05, 4.69) is 29.4 Å². The van der Waals surface area contributed by atoms with E-state index in [1.807, 2.05) is 13.0 Å². The SMILES string of the molecule is Cc1cc(Cl)nc(Cl)c1NC(C)c1ccc2c(c1)CCO2. The van der Waals surface area contributed by atoms with Gasteiger partial charge in [0.1, 0.15) is 10.9 Å². The van der Waals surface area contributed by atoms with Gasteiger partial charge >= 0.3 is 0 Å². The molecule has 0 aliphatic carbocycles. The number of nitrogens with zero attached hydrogens (tertiary/aromatic N) is 1. The molecule has 3 rings (SSSR count). The predicted octanol–water partition coefficient (Wildman–Crippen LogP) is 4.80. The van der Waals surface area contributed by atoms with Gasteiger partial charge in [0.2, 0.25) is 0 Å². The highest BCUT2D eigenvalue weighted by atomic mass is 35.5. The molecular formula is C16H16Cl2N2O. The summed E-state index contributed by atoms with van der Waals surface area (Å²) in [5.41, 5.74) is 4.27. The number of benzene rings is 1. The van der Waals surface area contributed by atoms with Gasteiger partial charge in [-0.2, -0.15) is 0 Å². The van der Waals surface area contributed by atoms with Gasteiger partial charge in [0.15, 0.2) is 5.15 Å². The second kappa shape index (κ2) is 5.74. The van der Waals surface area contributed by atoms with Crippen LogP contribution in [0.25, 0.3) is 0 Å². The first kappa shape index (κ1) is 14.5. The minimum absolute atomic E-state index is 0.120. The van der Waals surface area contributed by atoms with Crippen molar-refractivity contribution in [3.63, 3.8) is 0 Å². The van der Waals surface area contributed by atoms with E-state index >= 15 is 0 Å². The summed E-state index contributed by atoms with van der Waals surface area (Å²) in [6.07, 6.45) is 0.970. The van der Waals surface area contributed by atoms with Gasteiger partial charge in [-0.25, -0.2) is 4.98 Å². The third-order valence-electron chi connectivity index (χ3n) is 3.72. The molecule has 5 heteroatoms. The Morgan fingerprint density at radius 3 is 2.86 bits per heavy atom. The molecular weight excluding hydrogens is 307 g/mol. The van der Waals surface area contributed by atoms with Crippen LogP contribution in [0.5, 0.6) is 5.75 Å². The first-order valence-electron chi connectivity index (χ1n) is 6.89. The smallest absolute Gasteiger partial charge is 0.154 e. The Morgan fingerprint density at radius 1 is 1.29 bits per heavy atom. The number of hydrogen-bond donors (Lipinski definition) is 1. The molecule has 0 spiro atoms. The van der Waals surface area contributed by atoms with Crippen molar-refractivity contribution in [2.75, 3.05) is 11.9 Å². The second-order valence-electron chi connectivity index (χ2n) is 5.26. The zero-order valence-corrected chi connectivity index (χ0v) is 13.4. The summed E-state index contributed by atoms with van der Waals surface area (Å²) in [6, 6.07) is 8.22. The monoisotopic (exact) mass is 322 g/mol. The maximum absolute atomic E-state index is 6.18. The molecule has 2 aromatic rings. The van der Waals surface area contributed by atoms with Crippen LogP contribution in [0, 0.1) is 6.92 Å². The molecule has 0 amide bonds. The second-order valence-corrected chi connectivity index (χ2v) is 6.00. The quantitative estimate of drug-likeness (QED) is 0.824. The number of pyridine rings is 1. The van der Waals surface area contributed by atoms with Crippen molar-refractivity contribution in [3.8, 4) is 5.75 Å². The van der Waals surface area contributed by atoms with Crippen molar-refractivity contribution >= 4 is 28.9 Å². The molecule has 0 fully saturated rings. The lowest BCUT2D eigenvalue weighted by Crippen LogP contribution is -2.09. The normalized spacial score (nSPS) is 14.5. The van der Waals surface area contributed by atoms with Crippen molar-refractivity contribution in [2.24, 2.45) is 0 Å². The van der Waals surface area contributed by atoms with Crippen LogP contribution in [-0.2, 0) is 6.42 Å². The summed E-state index contributed by atoms with van der Waals surface area (Å²) < 4.78 is 5.54. The number of fused-ring (bicyclic) bond motifs is 1. The molecule has 1 aromatic heterocycles. The van der Waals surface area contributed by atoms with Crippen LogP contribution in [0.1, 0.15) is 29.7 Å². The lowest BCUT2D eigenvalue weighted by atomic mass is 10.0. The van der Waals surface area contributed by atoms with Gasteiger partial charge in [-0.1, -0.05) is 29.3 Å². The topological polar surface area (TPSA) is 34.2 Å². The number of anilines is 1. The van der Waals surface area contributed by atoms with Gasteiger partial charge in [-0.3, -0.25) is 0 Å². The van der Waals surface area contributed by atoms with Crippen LogP contribution in [0.15, 0.2) is 24.3 Å². The van der Waals surface area contributed by atoms with E-state index in [4.69, 9.17) is 27.9 Å². The van der Waals surface area contributed by atoms with E-state index in [1.165, 1.54) is 11.1 Å². The fourth-order valence-electron chi connectivity index (χ4n) is 2.54. The maximum Gasteiger partial charge on any atom is 0.154 e. The Kier molecular flexibility index (Phi) is 3.96. The third kappa shape index (κ3) is 2.94. The van der Waals surface area contributed by atoms with Gasteiger partial charge < -0.3 is 10.1 Å². The molecule has 1 atom stereocenters. The minimum atomic E-state index is 0.120. The number of hydrogen-bond acceptors (Lipinski definition) is 3. The molecule has 1 unspecified atom stereocenters. The van der Waals surface area contributed by atoms with Crippen molar-refractivity contribution in [3.05, 3.63) is 51.3 Å².